The summed E-state index contributed by atoms with van der Waals surface area (Å²) >= 11 is 0. The van der Waals surface area contributed by atoms with Crippen LogP contribution in [-0.4, -0.2) is 33.3 Å². The van der Waals surface area contributed by atoms with Crippen LogP contribution in [0.1, 0.15) is 41.3 Å². The Balaban J connectivity index is 2.04. The van der Waals surface area contributed by atoms with Crippen LogP contribution in [0.2, 0.25) is 0 Å². The Morgan fingerprint density at radius 2 is 1.77 bits per heavy atom. The summed E-state index contributed by atoms with van der Waals surface area (Å²) in [5.41, 5.74) is 8.52. The second-order valence-corrected chi connectivity index (χ2v) is 9.33. The largest absolute Gasteiger partial charge is 0.325 e. The van der Waals surface area contributed by atoms with Crippen molar-refractivity contribution in [1.82, 2.24) is 5.32 Å². The zero-order valence-electron chi connectivity index (χ0n) is 15.0. The van der Waals surface area contributed by atoms with Crippen molar-refractivity contribution < 1.29 is 13.2 Å². The minimum atomic E-state index is -3.63. The molecule has 6 heteroatoms. The van der Waals surface area contributed by atoms with Crippen LogP contribution in [-0.2, 0) is 16.3 Å². The van der Waals surface area contributed by atoms with Gasteiger partial charge in [-0.2, -0.15) is 0 Å². The quantitative estimate of drug-likeness (QED) is 0.804. The molecule has 1 heterocycles. The Morgan fingerprint density at radius 3 is 2.38 bits per heavy atom. The van der Waals surface area contributed by atoms with Crippen LogP contribution >= 0.6 is 0 Å². The van der Waals surface area contributed by atoms with Crippen LogP contribution in [0.25, 0.3) is 0 Å². The molecule has 2 aromatic carbocycles. The Morgan fingerprint density at radius 1 is 1.12 bits per heavy atom. The topological polar surface area (TPSA) is 89.3 Å². The predicted molar refractivity (Wildman–Crippen MR) is 101 cm³/mol. The van der Waals surface area contributed by atoms with E-state index in [1.165, 1.54) is 24.3 Å². The fourth-order valence-electron chi connectivity index (χ4n) is 3.41. The molecule has 0 aliphatic carbocycles. The molecule has 0 aromatic heterocycles. The van der Waals surface area contributed by atoms with Gasteiger partial charge in [0.1, 0.15) is 6.29 Å². The van der Waals surface area contributed by atoms with E-state index < -0.39 is 15.4 Å². The van der Waals surface area contributed by atoms with Gasteiger partial charge in [0.05, 0.1) is 9.79 Å². The molecule has 3 N–H and O–H groups in total. The first-order chi connectivity index (χ1) is 12.2. The van der Waals surface area contributed by atoms with Crippen molar-refractivity contribution in [1.29, 1.82) is 0 Å². The summed E-state index contributed by atoms with van der Waals surface area (Å²) < 4.78 is 25.9. The summed E-state index contributed by atoms with van der Waals surface area (Å²) in [5, 5.41) is 3.39. The highest BCUT2D eigenvalue weighted by Gasteiger charge is 2.30. The third-order valence-corrected chi connectivity index (χ3v) is 6.71. The molecule has 2 aromatic rings. The summed E-state index contributed by atoms with van der Waals surface area (Å²) in [7, 11) is -3.63. The van der Waals surface area contributed by atoms with Crippen LogP contribution < -0.4 is 11.1 Å². The van der Waals surface area contributed by atoms with E-state index >= 15 is 0 Å². The van der Waals surface area contributed by atoms with Gasteiger partial charge >= 0.3 is 0 Å². The molecule has 1 aliphatic heterocycles. The van der Waals surface area contributed by atoms with Crippen LogP contribution in [0.4, 0.5) is 0 Å². The summed E-state index contributed by atoms with van der Waals surface area (Å²) in [6, 6.07) is 11.3. The Bertz CT molecular complexity index is 913. The number of nitrogens with one attached hydrogen (secondary N) is 1. The summed E-state index contributed by atoms with van der Waals surface area (Å²) in [6.45, 7) is 5.55. The third-order valence-electron chi connectivity index (χ3n) is 4.94. The van der Waals surface area contributed by atoms with Crippen LogP contribution in [0.15, 0.2) is 52.3 Å². The average Bonchev–Trinajstić information content (AvgIpc) is 2.83. The molecule has 0 bridgehead atoms. The first-order valence-corrected chi connectivity index (χ1v) is 10.1. The Hall–Kier alpha value is -2.02. The number of sulfone groups is 1. The first-order valence-electron chi connectivity index (χ1n) is 8.66. The van der Waals surface area contributed by atoms with Crippen molar-refractivity contribution in [3.63, 3.8) is 0 Å². The fourth-order valence-corrected chi connectivity index (χ4v) is 4.72. The van der Waals surface area contributed by atoms with E-state index in [0.717, 1.165) is 30.6 Å². The number of fused-ring (bicyclic) bond motifs is 1. The van der Waals surface area contributed by atoms with Crippen LogP contribution in [0.3, 0.4) is 0 Å². The van der Waals surface area contributed by atoms with Crippen molar-refractivity contribution in [3.8, 4) is 0 Å². The minimum absolute atomic E-state index is 0.114. The molecule has 0 spiro atoms. The number of nitrogens with two attached hydrogens (primary N) is 1. The van der Waals surface area contributed by atoms with Crippen molar-refractivity contribution >= 4 is 16.1 Å². The number of rotatable bonds is 4. The number of benzene rings is 2. The van der Waals surface area contributed by atoms with Crippen LogP contribution in [0.5, 0.6) is 0 Å². The van der Waals surface area contributed by atoms with Gasteiger partial charge in [-0.3, -0.25) is 4.79 Å². The lowest BCUT2D eigenvalue weighted by Crippen LogP contribution is -2.43. The smallest absolute Gasteiger partial charge is 0.206 e. The SMILES string of the molecule is CC(C)(N)C1CNCCc2cc(S(=O)(=O)c3ccc(C=O)cc3)ccc21. The molecule has 0 fully saturated rings. The molecule has 1 aliphatic rings. The highest BCUT2D eigenvalue weighted by atomic mass is 32.2. The van der Waals surface area contributed by atoms with E-state index in [9.17, 15) is 13.2 Å². The molecule has 1 atom stereocenters. The van der Waals surface area contributed by atoms with E-state index in [4.69, 9.17) is 5.73 Å². The van der Waals surface area contributed by atoms with Crippen LogP contribution in [0, 0.1) is 0 Å². The number of hydrogen-bond donors (Lipinski definition) is 2. The number of hydrogen-bond acceptors (Lipinski definition) is 5. The standard InChI is InChI=1S/C20H24N2O3S/c1-20(2,21)19-12-22-10-9-15-11-17(7-8-18(15)19)26(24,25)16-5-3-14(13-23)4-6-16/h3-8,11,13,19,22H,9-10,12,21H2,1-2H3. The molecular formula is C20H24N2O3S. The van der Waals surface area contributed by atoms with E-state index in [1.54, 1.807) is 12.1 Å². The monoisotopic (exact) mass is 372 g/mol. The van der Waals surface area contributed by atoms with E-state index in [1.807, 2.05) is 19.9 Å². The third kappa shape index (κ3) is 3.58. The predicted octanol–water partition coefficient (Wildman–Crippen LogP) is 2.30. The summed E-state index contributed by atoms with van der Waals surface area (Å²) in [6.07, 6.45) is 1.45. The average molecular weight is 372 g/mol. The maximum Gasteiger partial charge on any atom is 0.206 e. The Labute approximate surface area is 154 Å². The molecule has 138 valence electrons. The zero-order chi connectivity index (χ0) is 18.9. The van der Waals surface area contributed by atoms with Gasteiger partial charge in [-0.25, -0.2) is 8.42 Å². The lowest BCUT2D eigenvalue weighted by atomic mass is 9.81. The van der Waals surface area contributed by atoms with Crippen molar-refractivity contribution in [2.75, 3.05) is 13.1 Å². The molecule has 5 nitrogen and oxygen atoms in total. The van der Waals surface area contributed by atoms with Gasteiger partial charge in [0.2, 0.25) is 9.84 Å². The van der Waals surface area contributed by atoms with Crippen molar-refractivity contribution in [2.45, 2.75) is 41.5 Å². The summed E-state index contributed by atoms with van der Waals surface area (Å²) in [4.78, 5) is 11.2. The first kappa shape index (κ1) is 18.8. The zero-order valence-corrected chi connectivity index (χ0v) is 15.8. The highest BCUT2D eigenvalue weighted by Crippen LogP contribution is 2.33. The molecular weight excluding hydrogens is 348 g/mol. The van der Waals surface area contributed by atoms with Gasteiger partial charge in [0, 0.05) is 23.6 Å². The van der Waals surface area contributed by atoms with Gasteiger partial charge in [0.15, 0.2) is 0 Å². The van der Waals surface area contributed by atoms with E-state index in [2.05, 4.69) is 5.32 Å². The van der Waals surface area contributed by atoms with Gasteiger partial charge in [-0.1, -0.05) is 18.2 Å². The fraction of sp³-hybridized carbons (Fsp3) is 0.350. The maximum absolute atomic E-state index is 13.0. The number of aldehydes is 1. The van der Waals surface area contributed by atoms with Crippen molar-refractivity contribution in [3.05, 3.63) is 59.2 Å². The molecule has 3 rings (SSSR count). The second kappa shape index (κ2) is 6.95. The van der Waals surface area contributed by atoms with Gasteiger partial charge < -0.3 is 11.1 Å². The molecule has 0 radical (unpaired) electrons. The molecule has 1 unspecified atom stereocenters. The number of carbonyl (C=O) groups is 1. The molecule has 26 heavy (non-hydrogen) atoms. The second-order valence-electron chi connectivity index (χ2n) is 7.38. The summed E-state index contributed by atoms with van der Waals surface area (Å²) in [5.74, 6) is 0.114. The molecule has 0 amide bonds. The van der Waals surface area contributed by atoms with Gasteiger partial charge in [-0.05, 0) is 62.2 Å². The molecule has 0 saturated heterocycles. The number of carbonyl (C=O) groups excluding carboxylic acids is 1. The van der Waals surface area contributed by atoms with Gasteiger partial charge in [-0.15, -0.1) is 0 Å². The normalized spacial score (nSPS) is 18.0. The van der Waals surface area contributed by atoms with Gasteiger partial charge in [0.25, 0.3) is 0 Å². The Kier molecular flexibility index (Phi) is 5.01. The minimum Gasteiger partial charge on any atom is -0.325 e. The maximum atomic E-state index is 13.0. The lowest BCUT2D eigenvalue weighted by Gasteiger charge is -2.31. The lowest BCUT2D eigenvalue weighted by molar-refractivity contribution is 0.112. The molecule has 0 saturated carbocycles. The van der Waals surface area contributed by atoms with E-state index in [0.29, 0.717) is 11.8 Å². The van der Waals surface area contributed by atoms with E-state index in [-0.39, 0.29) is 15.7 Å². The van der Waals surface area contributed by atoms with Crippen molar-refractivity contribution in [2.24, 2.45) is 5.73 Å². The highest BCUT2D eigenvalue weighted by molar-refractivity contribution is 7.91.